The summed E-state index contributed by atoms with van der Waals surface area (Å²) in [5, 5.41) is 13.2. The third-order valence-electron chi connectivity index (χ3n) is 4.15. The summed E-state index contributed by atoms with van der Waals surface area (Å²) in [5.74, 6) is -0.193. The Morgan fingerprint density at radius 2 is 2.12 bits per heavy atom. The van der Waals surface area contributed by atoms with Crippen LogP contribution in [0.3, 0.4) is 0 Å². The average molecular weight is 351 g/mol. The lowest BCUT2D eigenvalue weighted by atomic mass is 10.1. The molecule has 3 rings (SSSR count). The second-order valence-corrected chi connectivity index (χ2v) is 5.67. The minimum absolute atomic E-state index is 0. The maximum Gasteiger partial charge on any atom is 0.276 e. The molecule has 0 aliphatic carbocycles. The van der Waals surface area contributed by atoms with Gasteiger partial charge in [0.25, 0.3) is 5.91 Å². The molecule has 1 amide bonds. The fourth-order valence-corrected chi connectivity index (χ4v) is 2.75. The van der Waals surface area contributed by atoms with E-state index in [4.69, 9.17) is 4.74 Å². The molecule has 6 nitrogen and oxygen atoms in total. The number of nitrogens with zero attached hydrogens (tertiary/aromatic N) is 1. The highest BCUT2D eigenvalue weighted by molar-refractivity contribution is 6.03. The maximum absolute atomic E-state index is 12.3. The molecule has 1 aliphatic heterocycles. The molecule has 7 heteroatoms. The third-order valence-corrected chi connectivity index (χ3v) is 4.15. The second-order valence-electron chi connectivity index (χ2n) is 5.67. The van der Waals surface area contributed by atoms with Crippen molar-refractivity contribution >= 4 is 24.0 Å². The lowest BCUT2D eigenvalue weighted by molar-refractivity contribution is 0.0277. The summed E-state index contributed by atoms with van der Waals surface area (Å²) in [5.41, 5.74) is 4.21. The standard InChI is InChI=1S/C17H22N4O2.ClH/c1-3-14-11(2)16(21-20-14)17(22)19-13-6-4-12(5-7-13)15-10-18-8-9-23-15;/h4-7,15,18H,3,8-10H2,1-2H3,(H,19,22)(H,20,21);1H/t15-;/m1./s1. The molecule has 0 radical (unpaired) electrons. The van der Waals surface area contributed by atoms with E-state index >= 15 is 0 Å². The lowest BCUT2D eigenvalue weighted by Gasteiger charge is -2.24. The van der Waals surface area contributed by atoms with Crippen LogP contribution in [-0.2, 0) is 11.2 Å². The summed E-state index contributed by atoms with van der Waals surface area (Å²) in [7, 11) is 0. The molecular formula is C17H23ClN4O2. The first-order chi connectivity index (χ1) is 11.2. The van der Waals surface area contributed by atoms with Gasteiger partial charge in [0, 0.05) is 30.0 Å². The van der Waals surface area contributed by atoms with Crippen LogP contribution in [0.4, 0.5) is 5.69 Å². The van der Waals surface area contributed by atoms with Crippen LogP contribution in [-0.4, -0.2) is 35.8 Å². The largest absolute Gasteiger partial charge is 0.371 e. The van der Waals surface area contributed by atoms with E-state index in [1.807, 2.05) is 38.1 Å². The fourth-order valence-electron chi connectivity index (χ4n) is 2.75. The van der Waals surface area contributed by atoms with E-state index < -0.39 is 0 Å². The first-order valence-electron chi connectivity index (χ1n) is 7.96. The molecule has 24 heavy (non-hydrogen) atoms. The highest BCUT2D eigenvalue weighted by Crippen LogP contribution is 2.21. The van der Waals surface area contributed by atoms with Gasteiger partial charge in [0.2, 0.25) is 0 Å². The summed E-state index contributed by atoms with van der Waals surface area (Å²) in [6.07, 6.45) is 0.908. The number of nitrogens with one attached hydrogen (secondary N) is 3. The van der Waals surface area contributed by atoms with E-state index in [0.29, 0.717) is 5.69 Å². The number of H-pyrrole nitrogens is 1. The number of anilines is 1. The van der Waals surface area contributed by atoms with Gasteiger partial charge in [0.15, 0.2) is 5.69 Å². The van der Waals surface area contributed by atoms with Crippen molar-refractivity contribution in [3.8, 4) is 0 Å². The molecule has 2 aromatic rings. The van der Waals surface area contributed by atoms with Crippen LogP contribution < -0.4 is 10.6 Å². The molecular weight excluding hydrogens is 328 g/mol. The van der Waals surface area contributed by atoms with Crippen molar-refractivity contribution in [2.75, 3.05) is 25.0 Å². The number of aromatic amines is 1. The smallest absolute Gasteiger partial charge is 0.276 e. The van der Waals surface area contributed by atoms with Crippen LogP contribution >= 0.6 is 12.4 Å². The van der Waals surface area contributed by atoms with E-state index in [-0.39, 0.29) is 24.4 Å². The predicted molar refractivity (Wildman–Crippen MR) is 95.9 cm³/mol. The molecule has 0 saturated carbocycles. The Labute approximate surface area is 147 Å². The number of amides is 1. The minimum Gasteiger partial charge on any atom is -0.371 e. The van der Waals surface area contributed by atoms with Crippen LogP contribution in [0.1, 0.15) is 40.3 Å². The zero-order valence-corrected chi connectivity index (χ0v) is 14.7. The molecule has 3 N–H and O–H groups in total. The normalized spacial score (nSPS) is 17.2. The lowest BCUT2D eigenvalue weighted by Crippen LogP contribution is -2.33. The highest BCUT2D eigenvalue weighted by Gasteiger charge is 2.17. The molecule has 1 aromatic heterocycles. The summed E-state index contributed by atoms with van der Waals surface area (Å²) >= 11 is 0. The van der Waals surface area contributed by atoms with Gasteiger partial charge in [-0.3, -0.25) is 9.89 Å². The molecule has 0 unspecified atom stereocenters. The van der Waals surface area contributed by atoms with Crippen molar-refractivity contribution < 1.29 is 9.53 Å². The second kappa shape index (κ2) is 8.28. The van der Waals surface area contributed by atoms with Gasteiger partial charge in [-0.25, -0.2) is 0 Å². The van der Waals surface area contributed by atoms with Gasteiger partial charge < -0.3 is 15.4 Å². The first kappa shape index (κ1) is 18.4. The van der Waals surface area contributed by atoms with Gasteiger partial charge in [-0.05, 0) is 31.0 Å². The third kappa shape index (κ3) is 3.95. The molecule has 1 atom stereocenters. The number of hydrogen-bond acceptors (Lipinski definition) is 4. The van der Waals surface area contributed by atoms with Gasteiger partial charge in [0.05, 0.1) is 12.7 Å². The molecule has 1 saturated heterocycles. The Bertz CT molecular complexity index is 678. The van der Waals surface area contributed by atoms with E-state index in [1.54, 1.807) is 0 Å². The molecule has 1 aliphatic rings. The Hall–Kier alpha value is -1.89. The van der Waals surface area contributed by atoms with E-state index in [2.05, 4.69) is 20.8 Å². The number of ether oxygens (including phenoxy) is 1. The quantitative estimate of drug-likeness (QED) is 0.792. The Morgan fingerprint density at radius 3 is 2.71 bits per heavy atom. The zero-order valence-electron chi connectivity index (χ0n) is 13.9. The summed E-state index contributed by atoms with van der Waals surface area (Å²) in [6, 6.07) is 7.77. The van der Waals surface area contributed by atoms with Gasteiger partial charge >= 0.3 is 0 Å². The Kier molecular flexibility index (Phi) is 6.36. The van der Waals surface area contributed by atoms with Gasteiger partial charge in [-0.2, -0.15) is 5.10 Å². The topological polar surface area (TPSA) is 79.0 Å². The van der Waals surface area contributed by atoms with Gasteiger partial charge in [-0.15, -0.1) is 12.4 Å². The summed E-state index contributed by atoms with van der Waals surface area (Å²) in [6.45, 7) is 6.38. The number of aromatic nitrogens is 2. The van der Waals surface area contributed by atoms with Crippen LogP contribution in [0.5, 0.6) is 0 Å². The fraction of sp³-hybridized carbons (Fsp3) is 0.412. The van der Waals surface area contributed by atoms with Crippen molar-refractivity contribution in [1.29, 1.82) is 0 Å². The molecule has 2 heterocycles. The van der Waals surface area contributed by atoms with Crippen molar-refractivity contribution in [1.82, 2.24) is 15.5 Å². The summed E-state index contributed by atoms with van der Waals surface area (Å²) < 4.78 is 5.72. The van der Waals surface area contributed by atoms with Gasteiger partial charge in [0.1, 0.15) is 0 Å². The van der Waals surface area contributed by atoms with Crippen LogP contribution in [0.2, 0.25) is 0 Å². The molecule has 130 valence electrons. The minimum atomic E-state index is -0.193. The van der Waals surface area contributed by atoms with Crippen molar-refractivity contribution in [3.05, 3.63) is 46.8 Å². The Balaban J connectivity index is 0.00000208. The van der Waals surface area contributed by atoms with Crippen molar-refractivity contribution in [3.63, 3.8) is 0 Å². The van der Waals surface area contributed by atoms with Crippen LogP contribution in [0, 0.1) is 6.92 Å². The van der Waals surface area contributed by atoms with E-state index in [9.17, 15) is 4.79 Å². The number of halogens is 1. The molecule has 0 bridgehead atoms. The van der Waals surface area contributed by atoms with Crippen LogP contribution in [0.15, 0.2) is 24.3 Å². The number of hydrogen-bond donors (Lipinski definition) is 3. The average Bonchev–Trinajstić information content (AvgIpc) is 2.97. The zero-order chi connectivity index (χ0) is 16.2. The van der Waals surface area contributed by atoms with Crippen molar-refractivity contribution in [2.45, 2.75) is 26.4 Å². The number of carbonyl (C=O) groups excluding carboxylic acids is 1. The molecule has 0 spiro atoms. The van der Waals surface area contributed by atoms with Crippen LogP contribution in [0.25, 0.3) is 0 Å². The van der Waals surface area contributed by atoms with E-state index in [1.165, 1.54) is 0 Å². The highest BCUT2D eigenvalue weighted by atomic mass is 35.5. The van der Waals surface area contributed by atoms with E-state index in [0.717, 1.165) is 48.6 Å². The van der Waals surface area contributed by atoms with Gasteiger partial charge in [-0.1, -0.05) is 19.1 Å². The number of morpholine rings is 1. The monoisotopic (exact) mass is 350 g/mol. The maximum atomic E-state index is 12.3. The number of rotatable bonds is 4. The van der Waals surface area contributed by atoms with Crippen molar-refractivity contribution in [2.24, 2.45) is 0 Å². The number of carbonyl (C=O) groups is 1. The number of benzene rings is 1. The Morgan fingerprint density at radius 1 is 1.38 bits per heavy atom. The number of aryl methyl sites for hydroxylation is 1. The summed E-state index contributed by atoms with van der Waals surface area (Å²) in [4.78, 5) is 12.3. The molecule has 1 aromatic carbocycles. The molecule has 1 fully saturated rings. The SMILES string of the molecule is CCc1[nH]nc(C(=O)Nc2ccc([C@H]3CNCCO3)cc2)c1C.Cl. The first-order valence-corrected chi connectivity index (χ1v) is 7.96. The predicted octanol–water partition coefficient (Wildman–Crippen LogP) is 2.62.